The molecule has 0 bridgehead atoms. The van der Waals surface area contributed by atoms with E-state index in [-0.39, 0.29) is 18.0 Å². The molecular weight excluding hydrogens is 344 g/mol. The number of anilines is 1. The summed E-state index contributed by atoms with van der Waals surface area (Å²) in [4.78, 5) is 13.6. The highest BCUT2D eigenvalue weighted by atomic mass is 32.2. The molecule has 1 N–H and O–H groups in total. The molecule has 0 spiro atoms. The summed E-state index contributed by atoms with van der Waals surface area (Å²) >= 11 is 1.60. The highest BCUT2D eigenvalue weighted by Gasteiger charge is 2.32. The van der Waals surface area contributed by atoms with Gasteiger partial charge in [0.25, 0.3) is 5.91 Å². The molecule has 0 saturated heterocycles. The van der Waals surface area contributed by atoms with Crippen molar-refractivity contribution in [3.8, 4) is 0 Å². The number of nitrogens with one attached hydrogen (secondary N) is 1. The van der Waals surface area contributed by atoms with E-state index >= 15 is 0 Å². The number of sulfonamides is 1. The Balaban J connectivity index is 1.82. The molecule has 2 heterocycles. The van der Waals surface area contributed by atoms with Gasteiger partial charge in [0.15, 0.2) is 0 Å². The maximum atomic E-state index is 12.5. The van der Waals surface area contributed by atoms with E-state index < -0.39 is 10.0 Å². The van der Waals surface area contributed by atoms with Crippen molar-refractivity contribution in [2.75, 3.05) is 10.6 Å². The Hall–Kier alpha value is -1.86. The summed E-state index contributed by atoms with van der Waals surface area (Å²) in [6.45, 7) is 3.82. The summed E-state index contributed by atoms with van der Waals surface area (Å²) in [5.41, 5.74) is 2.12. The first kappa shape index (κ1) is 17.0. The Bertz CT molecular complexity index is 860. The molecule has 128 valence electrons. The maximum Gasteiger partial charge on any atom is 0.251 e. The summed E-state index contributed by atoms with van der Waals surface area (Å²) in [6.07, 6.45) is 1.83. The largest absolute Gasteiger partial charge is 0.345 e. The van der Waals surface area contributed by atoms with Crippen LogP contribution in [0.4, 0.5) is 5.69 Å². The molecule has 5 nitrogen and oxygen atoms in total. The molecule has 0 fully saturated rings. The van der Waals surface area contributed by atoms with Gasteiger partial charge < -0.3 is 5.32 Å². The number of hydrogen-bond donors (Lipinski definition) is 1. The van der Waals surface area contributed by atoms with Crippen molar-refractivity contribution in [2.45, 2.75) is 32.4 Å². The monoisotopic (exact) mass is 364 g/mol. The zero-order chi connectivity index (χ0) is 17.5. The highest BCUT2D eigenvalue weighted by molar-refractivity contribution is 7.92. The fraction of sp³-hybridized carbons (Fsp3) is 0.353. The molecule has 2 aromatic rings. The number of rotatable bonds is 4. The summed E-state index contributed by atoms with van der Waals surface area (Å²) in [6, 6.07) is 8.97. The molecule has 7 heteroatoms. The first-order valence-corrected chi connectivity index (χ1v) is 10.5. The third kappa shape index (κ3) is 3.18. The van der Waals surface area contributed by atoms with Crippen LogP contribution in [0.1, 0.15) is 40.7 Å². The van der Waals surface area contributed by atoms with Crippen LogP contribution >= 0.6 is 11.3 Å². The van der Waals surface area contributed by atoms with Crippen LogP contribution in [0.2, 0.25) is 0 Å². The van der Waals surface area contributed by atoms with Crippen LogP contribution in [-0.4, -0.2) is 26.6 Å². The van der Waals surface area contributed by atoms with Crippen LogP contribution in [0.15, 0.2) is 35.7 Å². The third-order valence-electron chi connectivity index (χ3n) is 4.17. The summed E-state index contributed by atoms with van der Waals surface area (Å²) in [7, 11) is -3.31. The van der Waals surface area contributed by atoms with Gasteiger partial charge in [-0.2, -0.15) is 0 Å². The highest BCUT2D eigenvalue weighted by Crippen LogP contribution is 2.34. The average Bonchev–Trinajstić information content (AvgIpc) is 3.11. The van der Waals surface area contributed by atoms with Gasteiger partial charge in [0, 0.05) is 16.5 Å². The van der Waals surface area contributed by atoms with Crippen LogP contribution in [0.3, 0.4) is 0 Å². The second-order valence-corrected chi connectivity index (χ2v) is 9.00. The lowest BCUT2D eigenvalue weighted by molar-refractivity contribution is 0.0940. The Morgan fingerprint density at radius 2 is 2.12 bits per heavy atom. The van der Waals surface area contributed by atoms with E-state index in [0.29, 0.717) is 17.7 Å². The van der Waals surface area contributed by atoms with Crippen molar-refractivity contribution < 1.29 is 13.2 Å². The van der Waals surface area contributed by atoms with E-state index in [2.05, 4.69) is 5.32 Å². The van der Waals surface area contributed by atoms with Crippen molar-refractivity contribution in [1.82, 2.24) is 5.32 Å². The number of nitrogens with zero attached hydrogens (tertiary/aromatic N) is 1. The van der Waals surface area contributed by atoms with E-state index in [0.717, 1.165) is 10.4 Å². The zero-order valence-corrected chi connectivity index (χ0v) is 15.4. The fourth-order valence-electron chi connectivity index (χ4n) is 3.14. The topological polar surface area (TPSA) is 66.5 Å². The molecule has 1 aromatic heterocycles. The van der Waals surface area contributed by atoms with Crippen LogP contribution in [0.5, 0.6) is 0 Å². The lowest BCUT2D eigenvalue weighted by Crippen LogP contribution is -2.34. The van der Waals surface area contributed by atoms with Crippen molar-refractivity contribution in [1.29, 1.82) is 0 Å². The minimum Gasteiger partial charge on any atom is -0.345 e. The van der Waals surface area contributed by atoms with E-state index in [9.17, 15) is 13.2 Å². The van der Waals surface area contributed by atoms with Gasteiger partial charge in [-0.25, -0.2) is 8.42 Å². The first-order valence-electron chi connectivity index (χ1n) is 7.74. The molecule has 0 saturated carbocycles. The van der Waals surface area contributed by atoms with Gasteiger partial charge in [0.1, 0.15) is 0 Å². The predicted molar refractivity (Wildman–Crippen MR) is 97.1 cm³/mol. The number of hydrogen-bond acceptors (Lipinski definition) is 4. The average molecular weight is 364 g/mol. The van der Waals surface area contributed by atoms with E-state index in [1.807, 2.05) is 31.4 Å². The van der Waals surface area contributed by atoms with E-state index in [1.54, 1.807) is 29.5 Å². The van der Waals surface area contributed by atoms with Crippen LogP contribution in [0.25, 0.3) is 0 Å². The Labute approximate surface area is 146 Å². The normalized spacial score (nSPS) is 18.3. The van der Waals surface area contributed by atoms with Gasteiger partial charge in [-0.1, -0.05) is 6.07 Å². The van der Waals surface area contributed by atoms with E-state index in [1.165, 1.54) is 10.6 Å². The van der Waals surface area contributed by atoms with Gasteiger partial charge in [-0.05, 0) is 55.5 Å². The fourth-order valence-corrected chi connectivity index (χ4v) is 5.14. The number of fused-ring (bicyclic) bond motifs is 1. The molecule has 1 aliphatic heterocycles. The Morgan fingerprint density at radius 1 is 1.38 bits per heavy atom. The Kier molecular flexibility index (Phi) is 4.40. The Morgan fingerprint density at radius 3 is 2.75 bits per heavy atom. The summed E-state index contributed by atoms with van der Waals surface area (Å²) in [5.74, 6) is -0.149. The quantitative estimate of drug-likeness (QED) is 0.907. The molecular formula is C17H20N2O3S2. The van der Waals surface area contributed by atoms with Gasteiger partial charge in [-0.3, -0.25) is 9.10 Å². The minimum atomic E-state index is -3.31. The van der Waals surface area contributed by atoms with Gasteiger partial charge in [0.05, 0.1) is 18.0 Å². The van der Waals surface area contributed by atoms with Crippen molar-refractivity contribution in [3.05, 3.63) is 51.7 Å². The van der Waals surface area contributed by atoms with Gasteiger partial charge >= 0.3 is 0 Å². The molecule has 2 atom stereocenters. The molecule has 1 aromatic carbocycles. The summed E-state index contributed by atoms with van der Waals surface area (Å²) in [5, 5.41) is 4.96. The molecule has 1 aliphatic rings. The smallest absolute Gasteiger partial charge is 0.251 e. The number of carbonyl (C=O) groups excluding carboxylic acids is 1. The van der Waals surface area contributed by atoms with Crippen molar-refractivity contribution in [3.63, 3.8) is 0 Å². The first-order chi connectivity index (χ1) is 11.3. The predicted octanol–water partition coefficient (Wildman–Crippen LogP) is 2.95. The molecule has 0 aliphatic carbocycles. The lowest BCUT2D eigenvalue weighted by atomic mass is 10.1. The molecule has 1 amide bonds. The second-order valence-electron chi connectivity index (χ2n) is 6.17. The maximum absolute atomic E-state index is 12.5. The molecule has 0 unspecified atom stereocenters. The van der Waals surface area contributed by atoms with Gasteiger partial charge in [0.2, 0.25) is 10.0 Å². The molecule has 0 radical (unpaired) electrons. The second kappa shape index (κ2) is 6.22. The number of carbonyl (C=O) groups is 1. The molecule has 24 heavy (non-hydrogen) atoms. The SMILES string of the molecule is C[C@H](NC(=O)c1ccc2c(c1)C[C@@H](C)N2S(C)(=O)=O)c1cccs1. The lowest BCUT2D eigenvalue weighted by Gasteiger charge is -2.22. The minimum absolute atomic E-state index is 0.0582. The third-order valence-corrected chi connectivity index (χ3v) is 6.50. The number of thiophene rings is 1. The number of benzene rings is 1. The van der Waals surface area contributed by atoms with Crippen molar-refractivity contribution in [2.24, 2.45) is 0 Å². The number of amides is 1. The van der Waals surface area contributed by atoms with E-state index in [4.69, 9.17) is 0 Å². The van der Waals surface area contributed by atoms with Crippen LogP contribution in [0, 0.1) is 0 Å². The van der Waals surface area contributed by atoms with Crippen molar-refractivity contribution >= 4 is 33.0 Å². The van der Waals surface area contributed by atoms with Crippen LogP contribution < -0.4 is 9.62 Å². The zero-order valence-electron chi connectivity index (χ0n) is 13.8. The summed E-state index contributed by atoms with van der Waals surface area (Å²) < 4.78 is 25.3. The van der Waals surface area contributed by atoms with Crippen LogP contribution in [-0.2, 0) is 16.4 Å². The molecule has 3 rings (SSSR count). The van der Waals surface area contributed by atoms with Gasteiger partial charge in [-0.15, -0.1) is 11.3 Å². The standard InChI is InChI=1S/C17H20N2O3S2/c1-11-9-14-10-13(6-7-15(14)19(11)24(3,21)22)17(20)18-12(2)16-5-4-8-23-16/h4-8,10-12H,9H2,1-3H3,(H,18,20)/t11-,12+/m1/s1.